The van der Waals surface area contributed by atoms with Gasteiger partial charge in [-0.2, -0.15) is 0 Å². The average Bonchev–Trinajstić information content (AvgIpc) is 3.29. The standard InChI is InChI=1S/C21H27Cl2N3O4/c22-15-4-3-14(9-16(15)23)10-19(28)26-8-7-25(20(29)11-27)18-13-30-12-17(21(18)26)24-5-1-2-6-24/h3-4,9,17-18,21,27H,1-2,5-8,10-13H2/t17-,18+,21+/m1/s1. The first-order chi connectivity index (χ1) is 14.5. The minimum Gasteiger partial charge on any atom is -0.387 e. The number of piperazine rings is 1. The number of hydrogen-bond donors (Lipinski definition) is 1. The van der Waals surface area contributed by atoms with Crippen molar-refractivity contribution >= 4 is 35.0 Å². The predicted octanol–water partition coefficient (Wildman–Crippen LogP) is 1.43. The molecule has 1 N–H and O–H groups in total. The molecule has 3 atom stereocenters. The maximum atomic E-state index is 13.4. The van der Waals surface area contributed by atoms with Crippen LogP contribution in [0.5, 0.6) is 0 Å². The lowest BCUT2D eigenvalue weighted by atomic mass is 9.90. The summed E-state index contributed by atoms with van der Waals surface area (Å²) in [5.41, 5.74) is 0.810. The molecule has 0 aliphatic carbocycles. The number of fused-ring (bicyclic) bond motifs is 1. The summed E-state index contributed by atoms with van der Waals surface area (Å²) in [5.74, 6) is -0.308. The number of ether oxygens (including phenoxy) is 1. The highest BCUT2D eigenvalue weighted by Gasteiger charge is 2.48. The van der Waals surface area contributed by atoms with Crippen molar-refractivity contribution in [2.24, 2.45) is 0 Å². The molecule has 3 fully saturated rings. The van der Waals surface area contributed by atoms with Gasteiger partial charge < -0.3 is 19.6 Å². The van der Waals surface area contributed by atoms with Crippen LogP contribution in [0.1, 0.15) is 18.4 Å². The molecule has 3 heterocycles. The third kappa shape index (κ3) is 4.32. The SMILES string of the molecule is O=C(Cc1ccc(Cl)c(Cl)c1)N1CCN(C(=O)CO)[C@H]2COC[C@@H](N3CCCC3)[C@@H]21. The van der Waals surface area contributed by atoms with Crippen LogP contribution in [0.15, 0.2) is 18.2 Å². The number of carbonyl (C=O) groups is 2. The maximum absolute atomic E-state index is 13.4. The van der Waals surface area contributed by atoms with Gasteiger partial charge in [0.1, 0.15) is 6.61 Å². The third-order valence-electron chi connectivity index (χ3n) is 6.43. The number of benzene rings is 1. The van der Waals surface area contributed by atoms with E-state index in [0.29, 0.717) is 36.3 Å². The second-order valence-corrected chi connectivity index (χ2v) is 8.98. The van der Waals surface area contributed by atoms with Crippen molar-refractivity contribution in [1.82, 2.24) is 14.7 Å². The molecule has 0 aromatic heterocycles. The molecule has 30 heavy (non-hydrogen) atoms. The fourth-order valence-electron chi connectivity index (χ4n) is 5.00. The van der Waals surface area contributed by atoms with Gasteiger partial charge in [-0.3, -0.25) is 14.5 Å². The van der Waals surface area contributed by atoms with Gasteiger partial charge in [0.2, 0.25) is 11.8 Å². The molecule has 3 saturated heterocycles. The molecule has 0 radical (unpaired) electrons. The molecule has 2 amide bonds. The normalized spacial score (nSPS) is 27.2. The predicted molar refractivity (Wildman–Crippen MR) is 114 cm³/mol. The van der Waals surface area contributed by atoms with Crippen LogP contribution < -0.4 is 0 Å². The number of halogens is 2. The van der Waals surface area contributed by atoms with E-state index in [2.05, 4.69) is 4.90 Å². The Morgan fingerprint density at radius 1 is 0.967 bits per heavy atom. The Morgan fingerprint density at radius 2 is 1.67 bits per heavy atom. The number of amides is 2. The van der Waals surface area contributed by atoms with Crippen molar-refractivity contribution in [3.8, 4) is 0 Å². The minimum atomic E-state index is -0.533. The van der Waals surface area contributed by atoms with Gasteiger partial charge in [-0.25, -0.2) is 0 Å². The number of likely N-dealkylation sites (tertiary alicyclic amines) is 1. The number of hydrogen-bond acceptors (Lipinski definition) is 5. The lowest BCUT2D eigenvalue weighted by molar-refractivity contribution is -0.164. The second kappa shape index (κ2) is 9.40. The zero-order chi connectivity index (χ0) is 21.3. The van der Waals surface area contributed by atoms with Crippen molar-refractivity contribution < 1.29 is 19.4 Å². The van der Waals surface area contributed by atoms with Crippen molar-refractivity contribution in [3.05, 3.63) is 33.8 Å². The number of rotatable bonds is 4. The summed E-state index contributed by atoms with van der Waals surface area (Å²) in [6.07, 6.45) is 2.48. The first-order valence-electron chi connectivity index (χ1n) is 10.4. The Kier molecular flexibility index (Phi) is 6.85. The van der Waals surface area contributed by atoms with Gasteiger partial charge in [0.05, 0.1) is 47.8 Å². The summed E-state index contributed by atoms with van der Waals surface area (Å²) in [4.78, 5) is 31.7. The van der Waals surface area contributed by atoms with Crippen LogP contribution in [0.4, 0.5) is 0 Å². The largest absolute Gasteiger partial charge is 0.387 e. The third-order valence-corrected chi connectivity index (χ3v) is 7.17. The van der Waals surface area contributed by atoms with E-state index in [1.165, 1.54) is 0 Å². The van der Waals surface area contributed by atoms with Crippen molar-refractivity contribution in [1.29, 1.82) is 0 Å². The summed E-state index contributed by atoms with van der Waals surface area (Å²) < 4.78 is 5.88. The minimum absolute atomic E-state index is 0.00517. The van der Waals surface area contributed by atoms with Crippen LogP contribution in [0.25, 0.3) is 0 Å². The average molecular weight is 456 g/mol. The van der Waals surface area contributed by atoms with E-state index in [0.717, 1.165) is 31.5 Å². The molecule has 9 heteroatoms. The Morgan fingerprint density at radius 3 is 2.37 bits per heavy atom. The first-order valence-corrected chi connectivity index (χ1v) is 11.2. The van der Waals surface area contributed by atoms with E-state index in [4.69, 9.17) is 27.9 Å². The number of nitrogens with zero attached hydrogens (tertiary/aromatic N) is 3. The molecule has 7 nitrogen and oxygen atoms in total. The molecule has 1 aromatic rings. The van der Waals surface area contributed by atoms with Gasteiger partial charge >= 0.3 is 0 Å². The molecule has 164 valence electrons. The van der Waals surface area contributed by atoms with Gasteiger partial charge in [-0.15, -0.1) is 0 Å². The number of carbonyl (C=O) groups excluding carboxylic acids is 2. The highest BCUT2D eigenvalue weighted by Crippen LogP contribution is 2.30. The Bertz CT molecular complexity index is 802. The van der Waals surface area contributed by atoms with E-state index < -0.39 is 6.61 Å². The lowest BCUT2D eigenvalue weighted by Gasteiger charge is -2.54. The molecule has 4 rings (SSSR count). The van der Waals surface area contributed by atoms with Crippen LogP contribution in [0.2, 0.25) is 10.0 Å². The summed E-state index contributed by atoms with van der Waals surface area (Å²) in [6.45, 7) is 3.16. The van der Waals surface area contributed by atoms with Gasteiger partial charge in [-0.1, -0.05) is 29.3 Å². The van der Waals surface area contributed by atoms with Gasteiger partial charge in [0, 0.05) is 13.1 Å². The van der Waals surface area contributed by atoms with Crippen molar-refractivity contribution in [3.63, 3.8) is 0 Å². The van der Waals surface area contributed by atoms with Crippen LogP contribution in [0, 0.1) is 0 Å². The second-order valence-electron chi connectivity index (χ2n) is 8.16. The van der Waals surface area contributed by atoms with E-state index in [-0.39, 0.29) is 36.4 Å². The highest BCUT2D eigenvalue weighted by atomic mass is 35.5. The highest BCUT2D eigenvalue weighted by molar-refractivity contribution is 6.42. The zero-order valence-corrected chi connectivity index (χ0v) is 18.3. The van der Waals surface area contributed by atoms with Crippen LogP contribution in [0.3, 0.4) is 0 Å². The van der Waals surface area contributed by atoms with Crippen molar-refractivity contribution in [2.45, 2.75) is 37.4 Å². The summed E-state index contributed by atoms with van der Waals surface area (Å²) >= 11 is 12.1. The summed E-state index contributed by atoms with van der Waals surface area (Å²) in [7, 11) is 0. The molecule has 0 unspecified atom stereocenters. The fourth-order valence-corrected chi connectivity index (χ4v) is 5.32. The molecule has 3 aliphatic heterocycles. The van der Waals surface area contributed by atoms with Crippen LogP contribution in [-0.2, 0) is 20.7 Å². The monoisotopic (exact) mass is 455 g/mol. The Balaban J connectivity index is 1.59. The molecule has 0 spiro atoms. The zero-order valence-electron chi connectivity index (χ0n) is 16.8. The van der Waals surface area contributed by atoms with Gasteiger partial charge in [0.15, 0.2) is 0 Å². The van der Waals surface area contributed by atoms with Crippen molar-refractivity contribution in [2.75, 3.05) is 46.0 Å². The molecule has 0 saturated carbocycles. The topological polar surface area (TPSA) is 73.3 Å². The van der Waals surface area contributed by atoms with Crippen LogP contribution >= 0.6 is 23.2 Å². The molecule has 3 aliphatic rings. The van der Waals surface area contributed by atoms with E-state index in [1.54, 1.807) is 17.0 Å². The van der Waals surface area contributed by atoms with Gasteiger partial charge in [-0.05, 0) is 43.6 Å². The summed E-state index contributed by atoms with van der Waals surface area (Å²) in [6, 6.07) is 4.88. The summed E-state index contributed by atoms with van der Waals surface area (Å²) in [5, 5.41) is 10.3. The lowest BCUT2D eigenvalue weighted by Crippen LogP contribution is -2.72. The smallest absolute Gasteiger partial charge is 0.248 e. The Labute approximate surface area is 186 Å². The molecule has 1 aromatic carbocycles. The number of aliphatic hydroxyl groups excluding tert-OH is 1. The Hall–Kier alpha value is -1.38. The van der Waals surface area contributed by atoms with Crippen LogP contribution in [-0.4, -0.2) is 95.7 Å². The number of aliphatic hydroxyl groups is 1. The first kappa shape index (κ1) is 21.8. The van der Waals surface area contributed by atoms with E-state index in [1.807, 2.05) is 11.0 Å². The molecule has 0 bridgehead atoms. The maximum Gasteiger partial charge on any atom is 0.248 e. The van der Waals surface area contributed by atoms with E-state index in [9.17, 15) is 14.7 Å². The quantitative estimate of drug-likeness (QED) is 0.743. The molecular weight excluding hydrogens is 429 g/mol. The fraction of sp³-hybridized carbons (Fsp3) is 0.619. The van der Waals surface area contributed by atoms with Gasteiger partial charge in [0.25, 0.3) is 0 Å². The molecular formula is C21H27Cl2N3O4. The van der Waals surface area contributed by atoms with E-state index >= 15 is 0 Å².